The number of likely N-dealkylation sites (N-methyl/N-ethyl adjacent to an activating group) is 1. The Hall–Kier alpha value is -3.71. The molecule has 4 rings (SSSR count). The zero-order valence-corrected chi connectivity index (χ0v) is 19.4. The van der Waals surface area contributed by atoms with Crippen molar-refractivity contribution in [1.29, 1.82) is 0 Å². The summed E-state index contributed by atoms with van der Waals surface area (Å²) in [5, 5.41) is 2.92. The van der Waals surface area contributed by atoms with E-state index in [1.807, 2.05) is 60.7 Å². The number of methoxy groups -OCH3 is 2. The minimum absolute atomic E-state index is 0.112. The molecule has 0 unspecified atom stereocenters. The van der Waals surface area contributed by atoms with Gasteiger partial charge in [-0.15, -0.1) is 0 Å². The number of carbonyl (C=O) groups excluding carboxylic acids is 2. The number of hydrogen-bond donors (Lipinski definition) is 1. The summed E-state index contributed by atoms with van der Waals surface area (Å²) in [5.41, 5.74) is 3.11. The highest BCUT2D eigenvalue weighted by Crippen LogP contribution is 2.42. The molecule has 0 radical (unpaired) electrons. The third-order valence-electron chi connectivity index (χ3n) is 5.34. The number of benzene rings is 3. The minimum Gasteiger partial charge on any atom is -0.497 e. The first kappa shape index (κ1) is 22.5. The quantitative estimate of drug-likeness (QED) is 0.538. The molecule has 0 aliphatic carbocycles. The largest absolute Gasteiger partial charge is 0.497 e. The molecule has 0 saturated heterocycles. The maximum absolute atomic E-state index is 13.0. The average Bonchev–Trinajstić information content (AvgIpc) is 2.86. The molecule has 0 fully saturated rings. The molecule has 1 N–H and O–H groups in total. The first-order chi connectivity index (χ1) is 16.0. The summed E-state index contributed by atoms with van der Waals surface area (Å²) in [5.74, 6) is 1.23. The number of anilines is 1. The number of rotatable bonds is 6. The highest BCUT2D eigenvalue weighted by molar-refractivity contribution is 8.04. The van der Waals surface area contributed by atoms with Crippen molar-refractivity contribution in [3.05, 3.63) is 88.3 Å². The number of thioether (sulfide) groups is 1. The molecule has 0 spiro atoms. The van der Waals surface area contributed by atoms with Gasteiger partial charge in [-0.3, -0.25) is 9.59 Å². The van der Waals surface area contributed by atoms with Crippen LogP contribution in [-0.4, -0.2) is 33.1 Å². The fourth-order valence-electron chi connectivity index (χ4n) is 3.41. The lowest BCUT2D eigenvalue weighted by atomic mass is 10.1. The van der Waals surface area contributed by atoms with Gasteiger partial charge in [0.1, 0.15) is 11.5 Å². The molecule has 168 valence electrons. The Balaban J connectivity index is 1.49. The van der Waals surface area contributed by atoms with E-state index >= 15 is 0 Å². The van der Waals surface area contributed by atoms with Crippen molar-refractivity contribution in [3.8, 4) is 11.5 Å². The second kappa shape index (κ2) is 9.83. The number of fused-ring (bicyclic) bond motifs is 1. The molecule has 0 bridgehead atoms. The number of amides is 2. The molecule has 0 atom stereocenters. The van der Waals surface area contributed by atoms with Crippen molar-refractivity contribution in [3.63, 3.8) is 0 Å². The molecule has 1 aliphatic heterocycles. The van der Waals surface area contributed by atoms with E-state index in [0.717, 1.165) is 27.5 Å². The zero-order valence-electron chi connectivity index (χ0n) is 18.6. The van der Waals surface area contributed by atoms with Crippen LogP contribution < -0.4 is 19.7 Å². The number of carbonyl (C=O) groups is 2. The Kier molecular flexibility index (Phi) is 6.70. The molecule has 3 aromatic rings. The van der Waals surface area contributed by atoms with Gasteiger partial charge in [0.2, 0.25) is 0 Å². The molecule has 0 saturated carbocycles. The Morgan fingerprint density at radius 3 is 2.24 bits per heavy atom. The fraction of sp³-hybridized carbons (Fsp3) is 0.154. The molecule has 1 aliphatic rings. The van der Waals surface area contributed by atoms with E-state index in [1.165, 1.54) is 11.8 Å². The van der Waals surface area contributed by atoms with Crippen LogP contribution in [0, 0.1) is 0 Å². The number of hydrogen-bond acceptors (Lipinski definition) is 5. The van der Waals surface area contributed by atoms with Gasteiger partial charge >= 0.3 is 0 Å². The summed E-state index contributed by atoms with van der Waals surface area (Å²) in [4.78, 5) is 28.8. The van der Waals surface area contributed by atoms with E-state index in [9.17, 15) is 9.59 Å². The van der Waals surface area contributed by atoms with Crippen LogP contribution in [0.25, 0.3) is 6.08 Å². The van der Waals surface area contributed by atoms with Crippen LogP contribution in [0.5, 0.6) is 11.5 Å². The van der Waals surface area contributed by atoms with Gasteiger partial charge in [0.05, 0.1) is 24.8 Å². The lowest BCUT2D eigenvalue weighted by molar-refractivity contribution is -0.114. The van der Waals surface area contributed by atoms with E-state index in [-0.39, 0.29) is 11.8 Å². The smallest absolute Gasteiger partial charge is 0.264 e. The van der Waals surface area contributed by atoms with E-state index in [0.29, 0.717) is 22.7 Å². The number of nitrogens with one attached hydrogen (secondary N) is 1. The monoisotopic (exact) mass is 460 g/mol. The van der Waals surface area contributed by atoms with Gasteiger partial charge in [-0.05, 0) is 59.7 Å². The van der Waals surface area contributed by atoms with Crippen molar-refractivity contribution >= 4 is 35.3 Å². The summed E-state index contributed by atoms with van der Waals surface area (Å²) < 4.78 is 10.3. The molecular formula is C26H24N2O4S. The van der Waals surface area contributed by atoms with Crippen LogP contribution in [-0.2, 0) is 11.3 Å². The van der Waals surface area contributed by atoms with Crippen LogP contribution in [0.1, 0.15) is 21.5 Å². The first-order valence-electron chi connectivity index (χ1n) is 10.4. The van der Waals surface area contributed by atoms with Crippen molar-refractivity contribution < 1.29 is 19.1 Å². The van der Waals surface area contributed by atoms with Crippen LogP contribution >= 0.6 is 11.8 Å². The Morgan fingerprint density at radius 1 is 0.970 bits per heavy atom. The molecule has 6 nitrogen and oxygen atoms in total. The fourth-order valence-corrected chi connectivity index (χ4v) is 4.51. The molecule has 7 heteroatoms. The van der Waals surface area contributed by atoms with Crippen molar-refractivity contribution in [2.75, 3.05) is 26.2 Å². The maximum Gasteiger partial charge on any atom is 0.264 e. The SMILES string of the molecule is COc1ccc(/C=C2\Sc3ccc(C(=O)NCc4ccc(OC)cc4)cc3N(C)C2=O)cc1. The van der Waals surface area contributed by atoms with Crippen molar-refractivity contribution in [2.45, 2.75) is 11.4 Å². The second-order valence-corrected chi connectivity index (χ2v) is 8.55. The lowest BCUT2D eigenvalue weighted by Gasteiger charge is -2.27. The van der Waals surface area contributed by atoms with Gasteiger partial charge in [-0.25, -0.2) is 0 Å². The van der Waals surface area contributed by atoms with E-state index in [1.54, 1.807) is 38.3 Å². The zero-order chi connectivity index (χ0) is 23.4. The van der Waals surface area contributed by atoms with Gasteiger partial charge in [-0.1, -0.05) is 36.0 Å². The predicted molar refractivity (Wildman–Crippen MR) is 131 cm³/mol. The standard InChI is InChI=1S/C26H24N2O4S/c1-28-22-15-19(25(29)27-16-18-6-11-21(32-3)12-7-18)8-13-23(22)33-24(26(28)30)14-17-4-9-20(31-2)10-5-17/h4-15H,16H2,1-3H3,(H,27,29)/b24-14-. The molecule has 1 heterocycles. The van der Waals surface area contributed by atoms with E-state index in [2.05, 4.69) is 5.32 Å². The van der Waals surface area contributed by atoms with Gasteiger partial charge in [0.25, 0.3) is 11.8 Å². The second-order valence-electron chi connectivity index (χ2n) is 7.46. The van der Waals surface area contributed by atoms with Crippen molar-refractivity contribution in [2.24, 2.45) is 0 Å². The van der Waals surface area contributed by atoms with Gasteiger partial charge < -0.3 is 19.7 Å². The summed E-state index contributed by atoms with van der Waals surface area (Å²) in [6, 6.07) is 20.5. The van der Waals surface area contributed by atoms with Gasteiger partial charge in [0.15, 0.2) is 0 Å². The molecule has 2 amide bonds. The topological polar surface area (TPSA) is 67.9 Å². The number of nitrogens with zero attached hydrogens (tertiary/aromatic N) is 1. The maximum atomic E-state index is 13.0. The van der Waals surface area contributed by atoms with Crippen LogP contribution in [0.15, 0.2) is 76.5 Å². The van der Waals surface area contributed by atoms with Crippen LogP contribution in [0.2, 0.25) is 0 Å². The highest BCUT2D eigenvalue weighted by Gasteiger charge is 2.27. The lowest BCUT2D eigenvalue weighted by Crippen LogP contribution is -2.31. The number of ether oxygens (including phenoxy) is 2. The average molecular weight is 461 g/mol. The molecule has 0 aromatic heterocycles. The highest BCUT2D eigenvalue weighted by atomic mass is 32.2. The Bertz CT molecular complexity index is 1200. The molecule has 3 aromatic carbocycles. The van der Waals surface area contributed by atoms with Gasteiger partial charge in [0, 0.05) is 24.1 Å². The van der Waals surface area contributed by atoms with Gasteiger partial charge in [-0.2, -0.15) is 0 Å². The molecule has 33 heavy (non-hydrogen) atoms. The third-order valence-corrected chi connectivity index (χ3v) is 6.42. The molecular weight excluding hydrogens is 436 g/mol. The Labute approximate surface area is 197 Å². The normalized spacial score (nSPS) is 14.1. The van der Waals surface area contributed by atoms with Crippen molar-refractivity contribution in [1.82, 2.24) is 5.32 Å². The Morgan fingerprint density at radius 2 is 1.61 bits per heavy atom. The first-order valence-corrected chi connectivity index (χ1v) is 11.2. The summed E-state index contributed by atoms with van der Waals surface area (Å²) >= 11 is 1.40. The predicted octanol–water partition coefficient (Wildman–Crippen LogP) is 4.74. The minimum atomic E-state index is -0.195. The van der Waals surface area contributed by atoms with Crippen LogP contribution in [0.3, 0.4) is 0 Å². The van der Waals surface area contributed by atoms with E-state index in [4.69, 9.17) is 9.47 Å². The summed E-state index contributed by atoms with van der Waals surface area (Å²) in [6.07, 6.45) is 1.86. The van der Waals surface area contributed by atoms with Crippen LogP contribution in [0.4, 0.5) is 5.69 Å². The summed E-state index contributed by atoms with van der Waals surface area (Å²) in [7, 11) is 4.96. The van der Waals surface area contributed by atoms with E-state index < -0.39 is 0 Å². The third kappa shape index (κ3) is 5.04. The summed E-state index contributed by atoms with van der Waals surface area (Å²) in [6.45, 7) is 0.401.